The molecule has 3 unspecified atom stereocenters. The van der Waals surface area contributed by atoms with Gasteiger partial charge in [0.2, 0.25) is 5.91 Å². The van der Waals surface area contributed by atoms with Crippen molar-refractivity contribution in [3.05, 3.63) is 35.9 Å². The van der Waals surface area contributed by atoms with Crippen LogP contribution in [0, 0.1) is 11.8 Å². The molecule has 3 N–H and O–H groups in total. The normalized spacial score (nSPS) is 26.7. The molecule has 0 radical (unpaired) electrons. The summed E-state index contributed by atoms with van der Waals surface area (Å²) in [5.74, 6) is 0.484. The van der Waals surface area contributed by atoms with E-state index in [2.05, 4.69) is 17.4 Å². The number of nitrogens with one attached hydrogen (secondary N) is 1. The van der Waals surface area contributed by atoms with E-state index in [1.807, 2.05) is 18.2 Å². The van der Waals surface area contributed by atoms with Gasteiger partial charge in [0.25, 0.3) is 0 Å². The van der Waals surface area contributed by atoms with E-state index >= 15 is 0 Å². The van der Waals surface area contributed by atoms with Gasteiger partial charge in [0, 0.05) is 32.3 Å². The molecular formula is C19H28N2O3. The predicted octanol–water partition coefficient (Wildman–Crippen LogP) is 2.02. The third kappa shape index (κ3) is 4.35. The molecular weight excluding hydrogens is 304 g/mol. The summed E-state index contributed by atoms with van der Waals surface area (Å²) in [5, 5.41) is 3.06. The van der Waals surface area contributed by atoms with Gasteiger partial charge in [-0.25, -0.2) is 0 Å². The Morgan fingerprint density at radius 2 is 1.92 bits per heavy atom. The first-order valence-electron chi connectivity index (χ1n) is 9.03. The van der Waals surface area contributed by atoms with Crippen molar-refractivity contribution in [1.29, 1.82) is 0 Å². The van der Waals surface area contributed by atoms with Gasteiger partial charge in [-0.1, -0.05) is 30.3 Å². The van der Waals surface area contributed by atoms with Crippen LogP contribution >= 0.6 is 0 Å². The summed E-state index contributed by atoms with van der Waals surface area (Å²) < 4.78 is 11.3. The van der Waals surface area contributed by atoms with Gasteiger partial charge in [0.15, 0.2) is 0 Å². The smallest absolute Gasteiger partial charge is 0.237 e. The third-order valence-corrected chi connectivity index (χ3v) is 5.19. The zero-order chi connectivity index (χ0) is 16.8. The van der Waals surface area contributed by atoms with Gasteiger partial charge in [-0.15, -0.1) is 0 Å². The van der Waals surface area contributed by atoms with Crippen molar-refractivity contribution < 1.29 is 14.3 Å². The lowest BCUT2D eigenvalue weighted by Crippen LogP contribution is -2.48. The summed E-state index contributed by atoms with van der Waals surface area (Å²) in [6.07, 6.45) is 3.89. The molecule has 2 heterocycles. The van der Waals surface area contributed by atoms with Crippen LogP contribution in [0.15, 0.2) is 30.3 Å². The summed E-state index contributed by atoms with van der Waals surface area (Å²) in [4.78, 5) is 12.4. The van der Waals surface area contributed by atoms with Crippen LogP contribution in [0.1, 0.15) is 37.4 Å². The molecule has 0 saturated carbocycles. The molecule has 132 valence electrons. The molecule has 5 heteroatoms. The Balaban J connectivity index is 1.54. The van der Waals surface area contributed by atoms with E-state index in [1.165, 1.54) is 5.56 Å². The highest BCUT2D eigenvalue weighted by molar-refractivity contribution is 5.81. The number of carbonyl (C=O) groups is 1. The maximum Gasteiger partial charge on any atom is 0.237 e. The largest absolute Gasteiger partial charge is 0.381 e. The van der Waals surface area contributed by atoms with Crippen LogP contribution in [0.5, 0.6) is 0 Å². The first-order chi connectivity index (χ1) is 11.8. The molecule has 1 aromatic carbocycles. The number of ether oxygens (including phenoxy) is 2. The average molecular weight is 332 g/mol. The number of hydrogen-bond acceptors (Lipinski definition) is 4. The van der Waals surface area contributed by atoms with E-state index < -0.39 is 6.04 Å². The topological polar surface area (TPSA) is 73.6 Å². The maximum absolute atomic E-state index is 12.4. The minimum Gasteiger partial charge on any atom is -0.381 e. The zero-order valence-corrected chi connectivity index (χ0v) is 14.2. The minimum absolute atomic E-state index is 0.0423. The molecule has 2 saturated heterocycles. The zero-order valence-electron chi connectivity index (χ0n) is 14.2. The number of hydrogen-bond donors (Lipinski definition) is 2. The van der Waals surface area contributed by atoms with Crippen molar-refractivity contribution in [3.63, 3.8) is 0 Å². The fourth-order valence-electron chi connectivity index (χ4n) is 3.70. The fourth-order valence-corrected chi connectivity index (χ4v) is 3.70. The monoisotopic (exact) mass is 332 g/mol. The fraction of sp³-hybridized carbons (Fsp3) is 0.632. The minimum atomic E-state index is -0.436. The van der Waals surface area contributed by atoms with Gasteiger partial charge in [-0.05, 0) is 37.2 Å². The molecule has 3 rings (SSSR count). The number of carbonyl (C=O) groups excluding carboxylic acids is 1. The van der Waals surface area contributed by atoms with Crippen molar-refractivity contribution in [2.45, 2.75) is 37.8 Å². The SMILES string of the molecule is NC(C(=O)NCC1CCCOC1c1ccccc1)C1CCOCC1. The van der Waals surface area contributed by atoms with Gasteiger partial charge in [0.1, 0.15) is 0 Å². The van der Waals surface area contributed by atoms with Gasteiger partial charge in [-0.2, -0.15) is 0 Å². The van der Waals surface area contributed by atoms with Crippen molar-refractivity contribution in [2.75, 3.05) is 26.4 Å². The first-order valence-corrected chi connectivity index (χ1v) is 9.03. The summed E-state index contributed by atoms with van der Waals surface area (Å²) >= 11 is 0. The van der Waals surface area contributed by atoms with Crippen molar-refractivity contribution in [2.24, 2.45) is 17.6 Å². The molecule has 2 fully saturated rings. The average Bonchev–Trinajstić information content (AvgIpc) is 2.67. The Bertz CT molecular complexity index is 517. The van der Waals surface area contributed by atoms with Crippen LogP contribution in [-0.4, -0.2) is 38.3 Å². The number of benzene rings is 1. The highest BCUT2D eigenvalue weighted by Crippen LogP contribution is 2.33. The summed E-state index contributed by atoms with van der Waals surface area (Å²) in [5.41, 5.74) is 7.34. The highest BCUT2D eigenvalue weighted by Gasteiger charge is 2.30. The van der Waals surface area contributed by atoms with Crippen molar-refractivity contribution in [3.8, 4) is 0 Å². The molecule has 0 bridgehead atoms. The second-order valence-electron chi connectivity index (χ2n) is 6.83. The van der Waals surface area contributed by atoms with Crippen LogP contribution in [0.25, 0.3) is 0 Å². The molecule has 2 aliphatic heterocycles. The van der Waals surface area contributed by atoms with Crippen LogP contribution in [0.4, 0.5) is 0 Å². The van der Waals surface area contributed by atoms with E-state index in [0.29, 0.717) is 25.7 Å². The quantitative estimate of drug-likeness (QED) is 0.865. The molecule has 5 nitrogen and oxygen atoms in total. The molecule has 1 aromatic rings. The van der Waals surface area contributed by atoms with Crippen LogP contribution < -0.4 is 11.1 Å². The second-order valence-corrected chi connectivity index (χ2v) is 6.83. The number of rotatable bonds is 5. The van der Waals surface area contributed by atoms with E-state index in [-0.39, 0.29) is 17.9 Å². The second kappa shape index (κ2) is 8.60. The molecule has 3 atom stereocenters. The highest BCUT2D eigenvalue weighted by atomic mass is 16.5. The van der Waals surface area contributed by atoms with E-state index in [1.54, 1.807) is 0 Å². The summed E-state index contributed by atoms with van der Waals surface area (Å²) in [7, 11) is 0. The summed E-state index contributed by atoms with van der Waals surface area (Å²) in [6, 6.07) is 9.83. The Morgan fingerprint density at radius 3 is 2.67 bits per heavy atom. The van der Waals surface area contributed by atoms with Crippen molar-refractivity contribution >= 4 is 5.91 Å². The molecule has 0 aromatic heterocycles. The predicted molar refractivity (Wildman–Crippen MR) is 92.4 cm³/mol. The molecule has 24 heavy (non-hydrogen) atoms. The Kier molecular flexibility index (Phi) is 6.24. The van der Waals surface area contributed by atoms with Gasteiger partial charge >= 0.3 is 0 Å². The maximum atomic E-state index is 12.4. The van der Waals surface area contributed by atoms with Crippen molar-refractivity contribution in [1.82, 2.24) is 5.32 Å². The Hall–Kier alpha value is -1.43. The van der Waals surface area contributed by atoms with Gasteiger partial charge < -0.3 is 20.5 Å². The summed E-state index contributed by atoms with van der Waals surface area (Å²) in [6.45, 7) is 2.82. The van der Waals surface area contributed by atoms with Gasteiger partial charge in [0.05, 0.1) is 12.1 Å². The lowest BCUT2D eigenvalue weighted by atomic mass is 9.88. The number of nitrogens with two attached hydrogens (primary N) is 1. The van der Waals surface area contributed by atoms with Crippen LogP contribution in [0.2, 0.25) is 0 Å². The van der Waals surface area contributed by atoms with E-state index in [9.17, 15) is 4.79 Å². The molecule has 0 spiro atoms. The first kappa shape index (κ1) is 17.4. The van der Waals surface area contributed by atoms with Gasteiger partial charge in [-0.3, -0.25) is 4.79 Å². The van der Waals surface area contributed by atoms with Crippen LogP contribution in [0.3, 0.4) is 0 Å². The van der Waals surface area contributed by atoms with E-state index in [0.717, 1.165) is 32.3 Å². The molecule has 2 aliphatic rings. The molecule has 1 amide bonds. The third-order valence-electron chi connectivity index (χ3n) is 5.19. The van der Waals surface area contributed by atoms with E-state index in [4.69, 9.17) is 15.2 Å². The lowest BCUT2D eigenvalue weighted by Gasteiger charge is -2.33. The Morgan fingerprint density at radius 1 is 1.17 bits per heavy atom. The lowest BCUT2D eigenvalue weighted by molar-refractivity contribution is -0.125. The Labute approximate surface area is 143 Å². The standard InChI is InChI=1S/C19H28N2O3/c20-17(14-8-11-23-12-9-14)19(22)21-13-16-7-4-10-24-18(16)15-5-2-1-3-6-15/h1-3,5-6,14,16-18H,4,7-13,20H2,(H,21,22). The van der Waals surface area contributed by atoms with Crippen LogP contribution in [-0.2, 0) is 14.3 Å². The number of amides is 1. The molecule has 0 aliphatic carbocycles.